The first-order valence-electron chi connectivity index (χ1n) is 6.62. The summed E-state index contributed by atoms with van der Waals surface area (Å²) in [5.74, 6) is -0.405. The highest BCUT2D eigenvalue weighted by atomic mass is 35.5. The Kier molecular flexibility index (Phi) is 4.88. The van der Waals surface area contributed by atoms with E-state index < -0.39 is 22.0 Å². The highest BCUT2D eigenvalue weighted by Crippen LogP contribution is 2.25. The highest BCUT2D eigenvalue weighted by molar-refractivity contribution is 7.89. The summed E-state index contributed by atoms with van der Waals surface area (Å²) in [6, 6.07) is 5.99. The molecule has 1 aliphatic rings. The van der Waals surface area contributed by atoms with Gasteiger partial charge in [-0.1, -0.05) is 23.7 Å². The minimum Gasteiger partial charge on any atom is -0.368 e. The van der Waals surface area contributed by atoms with Crippen LogP contribution in [0.15, 0.2) is 29.2 Å². The standard InChI is InChI=1S/C13H18ClN3O3S/c1-10(13(15)18)16-6-8-17(9-7-16)21(19,20)12-5-3-2-4-11(12)14/h2-5,10H,6-9H2,1H3,(H2,15,18)/t10-/m1/s1. The molecule has 0 bridgehead atoms. The molecule has 1 atom stereocenters. The van der Waals surface area contributed by atoms with Gasteiger partial charge in [-0.25, -0.2) is 8.42 Å². The molecular formula is C13H18ClN3O3S. The van der Waals surface area contributed by atoms with Crippen LogP contribution in [-0.2, 0) is 14.8 Å². The van der Waals surface area contributed by atoms with Crippen LogP contribution in [0.2, 0.25) is 5.02 Å². The van der Waals surface area contributed by atoms with Crippen molar-refractivity contribution in [3.05, 3.63) is 29.3 Å². The van der Waals surface area contributed by atoms with Crippen molar-refractivity contribution in [3.8, 4) is 0 Å². The molecule has 0 aromatic heterocycles. The number of rotatable bonds is 4. The third-order valence-electron chi connectivity index (χ3n) is 3.69. The molecule has 0 spiro atoms. The van der Waals surface area contributed by atoms with Gasteiger partial charge in [-0.2, -0.15) is 4.31 Å². The third-order valence-corrected chi connectivity index (χ3v) is 6.09. The number of primary amides is 1. The van der Waals surface area contributed by atoms with E-state index in [0.717, 1.165) is 0 Å². The van der Waals surface area contributed by atoms with Crippen molar-refractivity contribution < 1.29 is 13.2 Å². The van der Waals surface area contributed by atoms with E-state index in [1.807, 2.05) is 4.90 Å². The summed E-state index contributed by atoms with van der Waals surface area (Å²) < 4.78 is 26.5. The zero-order chi connectivity index (χ0) is 15.6. The fraction of sp³-hybridized carbons (Fsp3) is 0.462. The van der Waals surface area contributed by atoms with Crippen molar-refractivity contribution in [3.63, 3.8) is 0 Å². The van der Waals surface area contributed by atoms with Crippen molar-refractivity contribution in [1.82, 2.24) is 9.21 Å². The fourth-order valence-electron chi connectivity index (χ4n) is 2.30. The molecule has 1 saturated heterocycles. The quantitative estimate of drug-likeness (QED) is 0.871. The van der Waals surface area contributed by atoms with Crippen LogP contribution < -0.4 is 5.73 Å². The largest absolute Gasteiger partial charge is 0.368 e. The van der Waals surface area contributed by atoms with E-state index in [4.69, 9.17) is 17.3 Å². The van der Waals surface area contributed by atoms with E-state index in [-0.39, 0.29) is 9.92 Å². The lowest BCUT2D eigenvalue weighted by atomic mass is 10.2. The smallest absolute Gasteiger partial charge is 0.244 e. The van der Waals surface area contributed by atoms with Crippen LogP contribution in [0.3, 0.4) is 0 Å². The number of amides is 1. The number of carbonyl (C=O) groups excluding carboxylic acids is 1. The molecule has 0 radical (unpaired) electrons. The van der Waals surface area contributed by atoms with E-state index in [9.17, 15) is 13.2 Å². The second-order valence-corrected chi connectivity index (χ2v) is 7.26. The maximum Gasteiger partial charge on any atom is 0.244 e. The van der Waals surface area contributed by atoms with E-state index in [0.29, 0.717) is 26.2 Å². The molecule has 0 saturated carbocycles. The van der Waals surface area contributed by atoms with Gasteiger partial charge < -0.3 is 5.73 Å². The second kappa shape index (κ2) is 6.31. The summed E-state index contributed by atoms with van der Waals surface area (Å²) in [5.41, 5.74) is 5.27. The Morgan fingerprint density at radius 2 is 1.81 bits per heavy atom. The molecule has 6 nitrogen and oxygen atoms in total. The number of piperazine rings is 1. The molecule has 116 valence electrons. The number of nitrogens with two attached hydrogens (primary N) is 1. The normalized spacial score (nSPS) is 19.3. The lowest BCUT2D eigenvalue weighted by molar-refractivity contribution is -0.123. The first-order chi connectivity index (χ1) is 9.84. The van der Waals surface area contributed by atoms with Crippen molar-refractivity contribution in [2.24, 2.45) is 5.73 Å². The van der Waals surface area contributed by atoms with Gasteiger partial charge in [0.1, 0.15) is 4.90 Å². The second-order valence-electron chi connectivity index (χ2n) is 4.95. The van der Waals surface area contributed by atoms with E-state index >= 15 is 0 Å². The van der Waals surface area contributed by atoms with E-state index in [1.54, 1.807) is 25.1 Å². The van der Waals surface area contributed by atoms with Crippen LogP contribution in [0.5, 0.6) is 0 Å². The molecule has 1 aliphatic heterocycles. The first kappa shape index (κ1) is 16.2. The summed E-state index contributed by atoms with van der Waals surface area (Å²) in [6.45, 7) is 3.28. The average molecular weight is 332 g/mol. The molecule has 2 rings (SSSR count). The van der Waals surface area contributed by atoms with Crippen LogP contribution in [0, 0.1) is 0 Å². The van der Waals surface area contributed by atoms with Gasteiger partial charge in [-0.15, -0.1) is 0 Å². The molecule has 1 fully saturated rings. The topological polar surface area (TPSA) is 83.7 Å². The molecule has 1 aromatic rings. The molecule has 1 heterocycles. The van der Waals surface area contributed by atoms with Crippen molar-refractivity contribution in [2.45, 2.75) is 17.9 Å². The number of hydrogen-bond acceptors (Lipinski definition) is 4. The number of carbonyl (C=O) groups is 1. The summed E-state index contributed by atoms with van der Waals surface area (Å²) in [5, 5.41) is 0.213. The monoisotopic (exact) mass is 331 g/mol. The Hall–Kier alpha value is -1.15. The summed E-state index contributed by atoms with van der Waals surface area (Å²) in [6.07, 6.45) is 0. The van der Waals surface area contributed by atoms with Crippen molar-refractivity contribution in [2.75, 3.05) is 26.2 Å². The van der Waals surface area contributed by atoms with Gasteiger partial charge in [0.15, 0.2) is 0 Å². The summed E-state index contributed by atoms with van der Waals surface area (Å²) in [7, 11) is -3.60. The van der Waals surface area contributed by atoms with Crippen LogP contribution in [0.4, 0.5) is 0 Å². The number of nitrogens with zero attached hydrogens (tertiary/aromatic N) is 2. The SMILES string of the molecule is C[C@H](C(N)=O)N1CCN(S(=O)(=O)c2ccccc2Cl)CC1. The Morgan fingerprint density at radius 1 is 1.24 bits per heavy atom. The van der Waals surface area contributed by atoms with Gasteiger partial charge in [0.25, 0.3) is 0 Å². The van der Waals surface area contributed by atoms with Gasteiger partial charge in [0.2, 0.25) is 15.9 Å². The Bertz CT molecular complexity index is 627. The number of hydrogen-bond donors (Lipinski definition) is 1. The highest BCUT2D eigenvalue weighted by Gasteiger charge is 2.32. The average Bonchev–Trinajstić information content (AvgIpc) is 2.46. The van der Waals surface area contributed by atoms with Crippen LogP contribution in [-0.4, -0.2) is 55.8 Å². The van der Waals surface area contributed by atoms with Gasteiger partial charge in [0.05, 0.1) is 11.1 Å². The minimum absolute atomic E-state index is 0.114. The van der Waals surface area contributed by atoms with Crippen molar-refractivity contribution >= 4 is 27.5 Å². The number of benzene rings is 1. The predicted molar refractivity (Wildman–Crippen MR) is 80.4 cm³/mol. The number of halogens is 1. The lowest BCUT2D eigenvalue weighted by Gasteiger charge is -2.36. The van der Waals surface area contributed by atoms with Gasteiger partial charge >= 0.3 is 0 Å². The maximum absolute atomic E-state index is 12.5. The van der Waals surface area contributed by atoms with Gasteiger partial charge in [-0.3, -0.25) is 9.69 Å². The van der Waals surface area contributed by atoms with Crippen LogP contribution >= 0.6 is 11.6 Å². The van der Waals surface area contributed by atoms with Crippen LogP contribution in [0.1, 0.15) is 6.92 Å². The number of sulfonamides is 1. The Morgan fingerprint density at radius 3 is 2.33 bits per heavy atom. The fourth-order valence-corrected chi connectivity index (χ4v) is 4.22. The summed E-state index contributed by atoms with van der Waals surface area (Å²) >= 11 is 5.97. The molecule has 0 unspecified atom stereocenters. The van der Waals surface area contributed by atoms with E-state index in [1.165, 1.54) is 10.4 Å². The minimum atomic E-state index is -3.60. The molecule has 21 heavy (non-hydrogen) atoms. The molecule has 0 aliphatic carbocycles. The van der Waals surface area contributed by atoms with E-state index in [2.05, 4.69) is 0 Å². The Balaban J connectivity index is 2.12. The molecule has 8 heteroatoms. The molecular weight excluding hydrogens is 314 g/mol. The van der Waals surface area contributed by atoms with Gasteiger partial charge in [0, 0.05) is 26.2 Å². The lowest BCUT2D eigenvalue weighted by Crippen LogP contribution is -2.54. The Labute approximate surface area is 129 Å². The zero-order valence-electron chi connectivity index (χ0n) is 11.7. The third kappa shape index (κ3) is 3.37. The zero-order valence-corrected chi connectivity index (χ0v) is 13.3. The first-order valence-corrected chi connectivity index (χ1v) is 8.44. The van der Waals surface area contributed by atoms with Crippen LogP contribution in [0.25, 0.3) is 0 Å². The maximum atomic E-state index is 12.5. The molecule has 1 amide bonds. The predicted octanol–water partition coefficient (Wildman–Crippen LogP) is 0.520. The van der Waals surface area contributed by atoms with Gasteiger partial charge in [-0.05, 0) is 19.1 Å². The molecule has 1 aromatic carbocycles. The summed E-state index contributed by atoms with van der Waals surface area (Å²) in [4.78, 5) is 13.2. The molecule has 2 N–H and O–H groups in total. The van der Waals surface area contributed by atoms with Crippen molar-refractivity contribution in [1.29, 1.82) is 0 Å².